The van der Waals surface area contributed by atoms with Crippen LogP contribution in [0.15, 0.2) is 60.7 Å². The molecule has 0 amide bonds. The summed E-state index contributed by atoms with van der Waals surface area (Å²) in [7, 11) is 5.39. The zero-order valence-corrected chi connectivity index (χ0v) is 15.1. The minimum Gasteiger partial charge on any atom is -0.496 e. The number of pyridine rings is 1. The normalized spacial score (nSPS) is 11.0. The molecule has 0 spiro atoms. The van der Waals surface area contributed by atoms with Gasteiger partial charge in [-0.15, -0.1) is 0 Å². The van der Waals surface area contributed by atoms with E-state index in [-0.39, 0.29) is 0 Å². The molecule has 0 unspecified atom stereocenters. The summed E-state index contributed by atoms with van der Waals surface area (Å²) in [6.07, 6.45) is 0. The molecule has 26 heavy (non-hydrogen) atoms. The van der Waals surface area contributed by atoms with Gasteiger partial charge < -0.3 is 15.2 Å². The number of nitrogens with zero attached hydrogens (tertiary/aromatic N) is 1. The number of anilines is 1. The van der Waals surface area contributed by atoms with Crippen molar-refractivity contribution < 1.29 is 14.0 Å². The van der Waals surface area contributed by atoms with E-state index >= 15 is 0 Å². The first-order valence-electron chi connectivity index (χ1n) is 8.47. The van der Waals surface area contributed by atoms with E-state index in [4.69, 9.17) is 15.2 Å². The van der Waals surface area contributed by atoms with Gasteiger partial charge in [-0.25, -0.2) is 0 Å². The smallest absolute Gasteiger partial charge is 0.213 e. The second-order valence-electron chi connectivity index (χ2n) is 6.26. The lowest BCUT2D eigenvalue weighted by Gasteiger charge is -2.16. The van der Waals surface area contributed by atoms with Gasteiger partial charge in [-0.1, -0.05) is 24.3 Å². The van der Waals surface area contributed by atoms with Crippen molar-refractivity contribution in [3.05, 3.63) is 60.7 Å². The maximum absolute atomic E-state index is 6.09. The first kappa shape index (κ1) is 16.2. The van der Waals surface area contributed by atoms with Crippen LogP contribution in [0.2, 0.25) is 0 Å². The topological polar surface area (TPSA) is 48.4 Å². The molecule has 0 bridgehead atoms. The van der Waals surface area contributed by atoms with Crippen molar-refractivity contribution in [3.63, 3.8) is 0 Å². The van der Waals surface area contributed by atoms with Gasteiger partial charge in [0, 0.05) is 29.3 Å². The molecule has 2 N–H and O–H groups in total. The Kier molecular flexibility index (Phi) is 3.88. The van der Waals surface area contributed by atoms with Crippen molar-refractivity contribution in [2.75, 3.05) is 20.0 Å². The summed E-state index contributed by atoms with van der Waals surface area (Å²) in [6.45, 7) is 0. The fraction of sp³-hybridized carbons (Fsp3) is 0.136. The number of hydrogen-bond donors (Lipinski definition) is 1. The minimum absolute atomic E-state index is 0.559. The second-order valence-corrected chi connectivity index (χ2v) is 6.26. The molecule has 0 aliphatic rings. The monoisotopic (exact) mass is 345 g/mol. The van der Waals surface area contributed by atoms with Crippen LogP contribution < -0.4 is 19.8 Å². The third-order valence-corrected chi connectivity index (χ3v) is 4.89. The molecule has 0 atom stereocenters. The van der Waals surface area contributed by atoms with E-state index in [0.717, 1.165) is 38.7 Å². The lowest BCUT2D eigenvalue weighted by atomic mass is 9.94. The average Bonchev–Trinajstić information content (AvgIpc) is 2.69. The number of nitrogen functional groups attached to an aromatic ring is 1. The molecular weight excluding hydrogens is 324 g/mol. The Morgan fingerprint density at radius 3 is 1.85 bits per heavy atom. The van der Waals surface area contributed by atoms with Crippen LogP contribution in [-0.2, 0) is 7.05 Å². The van der Waals surface area contributed by atoms with Crippen LogP contribution in [0, 0.1) is 0 Å². The van der Waals surface area contributed by atoms with Crippen molar-refractivity contribution in [1.29, 1.82) is 0 Å². The number of ether oxygens (including phenoxy) is 2. The summed E-state index contributed by atoms with van der Waals surface area (Å²) >= 11 is 0. The Morgan fingerprint density at radius 1 is 0.769 bits per heavy atom. The van der Waals surface area contributed by atoms with E-state index in [9.17, 15) is 0 Å². The minimum atomic E-state index is 0.559. The largest absolute Gasteiger partial charge is 0.496 e. The zero-order chi connectivity index (χ0) is 18.3. The number of nitrogens with two attached hydrogens (primary N) is 1. The summed E-state index contributed by atoms with van der Waals surface area (Å²) < 4.78 is 13.4. The molecule has 0 radical (unpaired) electrons. The third kappa shape index (κ3) is 2.34. The molecule has 0 aliphatic heterocycles. The Labute approximate surface area is 152 Å². The van der Waals surface area contributed by atoms with Gasteiger partial charge in [-0.2, -0.15) is 4.57 Å². The highest BCUT2D eigenvalue weighted by molar-refractivity contribution is 6.08. The predicted molar refractivity (Wildman–Crippen MR) is 106 cm³/mol. The Hall–Kier alpha value is -3.27. The fourth-order valence-electron chi connectivity index (χ4n) is 3.64. The summed E-state index contributed by atoms with van der Waals surface area (Å²) in [5.41, 5.74) is 11.0. The zero-order valence-electron chi connectivity index (χ0n) is 15.1. The second kappa shape index (κ2) is 6.23. The summed E-state index contributed by atoms with van der Waals surface area (Å²) in [6, 6.07) is 20.6. The maximum atomic E-state index is 6.09. The average molecular weight is 345 g/mol. The number of benzene rings is 3. The van der Waals surface area contributed by atoms with Crippen molar-refractivity contribution in [3.8, 4) is 22.6 Å². The van der Waals surface area contributed by atoms with Crippen LogP contribution >= 0.6 is 0 Å². The number of aryl methyl sites for hydroxylation is 1. The Balaban J connectivity index is 2.23. The van der Waals surface area contributed by atoms with Gasteiger partial charge in [-0.3, -0.25) is 0 Å². The molecule has 0 saturated heterocycles. The van der Waals surface area contributed by atoms with Gasteiger partial charge in [0.1, 0.15) is 18.5 Å². The van der Waals surface area contributed by atoms with E-state index in [1.165, 1.54) is 0 Å². The molecular formula is C22H21N2O2+. The van der Waals surface area contributed by atoms with Crippen molar-refractivity contribution >= 4 is 27.5 Å². The molecule has 0 fully saturated rings. The molecule has 3 aromatic carbocycles. The van der Waals surface area contributed by atoms with Gasteiger partial charge in [0.25, 0.3) is 0 Å². The van der Waals surface area contributed by atoms with Crippen LogP contribution in [0.5, 0.6) is 11.5 Å². The molecule has 4 heteroatoms. The van der Waals surface area contributed by atoms with Crippen molar-refractivity contribution in [1.82, 2.24) is 0 Å². The van der Waals surface area contributed by atoms with Crippen LogP contribution in [-0.4, -0.2) is 14.2 Å². The lowest BCUT2D eigenvalue weighted by Crippen LogP contribution is -2.30. The quantitative estimate of drug-likeness (QED) is 0.346. The number of methoxy groups -OCH3 is 2. The molecule has 4 aromatic rings. The van der Waals surface area contributed by atoms with E-state index in [1.54, 1.807) is 14.2 Å². The molecule has 1 aromatic heterocycles. The SMILES string of the molecule is COc1cc(-c2c3ccccc3[n+](C)c3ccccc23)c(OC)cc1N. The number of aromatic nitrogens is 1. The van der Waals surface area contributed by atoms with Crippen LogP contribution in [0.1, 0.15) is 0 Å². The van der Waals surface area contributed by atoms with Gasteiger partial charge in [0.15, 0.2) is 0 Å². The highest BCUT2D eigenvalue weighted by Gasteiger charge is 2.21. The molecule has 0 aliphatic carbocycles. The summed E-state index contributed by atoms with van der Waals surface area (Å²) in [5, 5.41) is 2.30. The van der Waals surface area contributed by atoms with E-state index in [1.807, 2.05) is 12.1 Å². The van der Waals surface area contributed by atoms with Gasteiger partial charge in [0.05, 0.1) is 30.7 Å². The third-order valence-electron chi connectivity index (χ3n) is 4.89. The maximum Gasteiger partial charge on any atom is 0.213 e. The molecule has 130 valence electrons. The highest BCUT2D eigenvalue weighted by atomic mass is 16.5. The number of para-hydroxylation sites is 2. The molecule has 4 nitrogen and oxygen atoms in total. The molecule has 1 heterocycles. The number of hydrogen-bond acceptors (Lipinski definition) is 3. The fourth-order valence-corrected chi connectivity index (χ4v) is 3.64. The van der Waals surface area contributed by atoms with Crippen molar-refractivity contribution in [2.24, 2.45) is 7.05 Å². The van der Waals surface area contributed by atoms with Crippen molar-refractivity contribution in [2.45, 2.75) is 0 Å². The van der Waals surface area contributed by atoms with E-state index < -0.39 is 0 Å². The summed E-state index contributed by atoms with van der Waals surface area (Å²) in [5.74, 6) is 1.37. The predicted octanol–water partition coefficient (Wildman–Crippen LogP) is 4.08. The highest BCUT2D eigenvalue weighted by Crippen LogP contribution is 2.42. The van der Waals surface area contributed by atoms with E-state index in [2.05, 4.69) is 60.1 Å². The Bertz CT molecular complexity index is 1080. The van der Waals surface area contributed by atoms with Crippen LogP contribution in [0.25, 0.3) is 32.9 Å². The Morgan fingerprint density at radius 2 is 1.31 bits per heavy atom. The summed E-state index contributed by atoms with van der Waals surface area (Å²) in [4.78, 5) is 0. The van der Waals surface area contributed by atoms with Gasteiger partial charge in [-0.05, 0) is 18.2 Å². The standard InChI is InChI=1S/C22H20N2O2/c1-24-18-10-6-4-8-14(18)22(15-9-5-7-11-19(15)24)16-12-21(26-3)17(23)13-20(16)25-2/h4-13,23H,1-3H3/p+1. The number of fused-ring (bicyclic) bond motifs is 2. The van der Waals surface area contributed by atoms with E-state index in [0.29, 0.717) is 11.4 Å². The lowest BCUT2D eigenvalue weighted by molar-refractivity contribution is -0.617. The molecule has 0 saturated carbocycles. The molecule has 4 rings (SSSR count). The van der Waals surface area contributed by atoms with Gasteiger partial charge in [0.2, 0.25) is 11.0 Å². The van der Waals surface area contributed by atoms with Gasteiger partial charge >= 0.3 is 0 Å². The van der Waals surface area contributed by atoms with Crippen LogP contribution in [0.3, 0.4) is 0 Å². The first-order valence-corrected chi connectivity index (χ1v) is 8.47. The first-order chi connectivity index (χ1) is 12.7. The van der Waals surface area contributed by atoms with Crippen LogP contribution in [0.4, 0.5) is 5.69 Å². The number of rotatable bonds is 3.